The molecule has 0 radical (unpaired) electrons. The highest BCUT2D eigenvalue weighted by atomic mass is 16.7. The predicted octanol–water partition coefficient (Wildman–Crippen LogP) is -0.0581. The summed E-state index contributed by atoms with van der Waals surface area (Å²) in [5.41, 5.74) is 0. The van der Waals surface area contributed by atoms with Crippen molar-refractivity contribution < 1.29 is 47.9 Å². The average molecular weight is 392 g/mol. The first kappa shape index (κ1) is 23.3. The predicted molar refractivity (Wildman–Crippen MR) is 89.5 cm³/mol. The van der Waals surface area contributed by atoms with Gasteiger partial charge in [0.1, 0.15) is 6.10 Å². The van der Waals surface area contributed by atoms with Crippen LogP contribution in [-0.2, 0) is 42.8 Å². The monoisotopic (exact) mass is 392 g/mol. The summed E-state index contributed by atoms with van der Waals surface area (Å²) >= 11 is 0. The molecule has 27 heavy (non-hydrogen) atoms. The van der Waals surface area contributed by atoms with Crippen LogP contribution in [0.2, 0.25) is 0 Å². The maximum Gasteiger partial charge on any atom is 0.303 e. The molecule has 156 valence electrons. The van der Waals surface area contributed by atoms with Gasteiger partial charge in [0.15, 0.2) is 24.6 Å². The maximum atomic E-state index is 11.6. The van der Waals surface area contributed by atoms with E-state index < -0.39 is 48.6 Å². The van der Waals surface area contributed by atoms with Gasteiger partial charge in [-0.1, -0.05) is 0 Å². The van der Waals surface area contributed by atoms with Gasteiger partial charge in [-0.25, -0.2) is 0 Å². The molecule has 1 heterocycles. The first-order valence-corrected chi connectivity index (χ1v) is 8.68. The Labute approximate surface area is 158 Å². The van der Waals surface area contributed by atoms with Crippen molar-refractivity contribution in [3.05, 3.63) is 0 Å². The summed E-state index contributed by atoms with van der Waals surface area (Å²) in [7, 11) is 1.43. The topological polar surface area (TPSA) is 127 Å². The Morgan fingerprint density at radius 2 is 1.44 bits per heavy atom. The zero-order chi connectivity index (χ0) is 20.4. The maximum absolute atomic E-state index is 11.6. The molecule has 0 spiro atoms. The lowest BCUT2D eigenvalue weighted by molar-refractivity contribution is -0.308. The fraction of sp³-hybridized carbons (Fsp3) is 0.824. The fourth-order valence-electron chi connectivity index (χ4n) is 2.70. The Hall–Kier alpha value is -1.75. The lowest BCUT2D eigenvalue weighted by atomic mass is 9.98. The lowest BCUT2D eigenvalue weighted by Crippen LogP contribution is -2.62. The van der Waals surface area contributed by atoms with E-state index in [-0.39, 0.29) is 19.8 Å². The van der Waals surface area contributed by atoms with E-state index in [1.165, 1.54) is 27.9 Å². The molecule has 1 N–H and O–H groups in total. The van der Waals surface area contributed by atoms with Crippen LogP contribution in [0.25, 0.3) is 0 Å². The molecule has 0 aromatic rings. The van der Waals surface area contributed by atoms with Crippen LogP contribution < -0.4 is 0 Å². The number of unbranched alkanes of at least 4 members (excludes halogenated alkanes) is 1. The smallest absolute Gasteiger partial charge is 0.303 e. The van der Waals surface area contributed by atoms with Crippen molar-refractivity contribution in [3.8, 4) is 0 Å². The van der Waals surface area contributed by atoms with Gasteiger partial charge in [0.25, 0.3) is 0 Å². The minimum absolute atomic E-state index is 0.0131. The molecule has 0 saturated carbocycles. The Bertz CT molecular complexity index is 494. The molecule has 5 atom stereocenters. The van der Waals surface area contributed by atoms with Gasteiger partial charge < -0.3 is 33.5 Å². The zero-order valence-corrected chi connectivity index (χ0v) is 16.0. The van der Waals surface area contributed by atoms with E-state index in [9.17, 15) is 14.4 Å². The molecule has 0 amide bonds. The Kier molecular flexibility index (Phi) is 10.2. The van der Waals surface area contributed by atoms with Crippen LogP contribution in [0.4, 0.5) is 0 Å². The van der Waals surface area contributed by atoms with Crippen LogP contribution in [0.3, 0.4) is 0 Å². The van der Waals surface area contributed by atoms with E-state index in [1.54, 1.807) is 0 Å². The van der Waals surface area contributed by atoms with E-state index in [2.05, 4.69) is 0 Å². The number of ether oxygens (including phenoxy) is 6. The van der Waals surface area contributed by atoms with Crippen LogP contribution in [0.5, 0.6) is 0 Å². The summed E-state index contributed by atoms with van der Waals surface area (Å²) in [5.74, 6) is -1.91. The molecule has 1 rings (SSSR count). The van der Waals surface area contributed by atoms with E-state index in [4.69, 9.17) is 33.5 Å². The van der Waals surface area contributed by atoms with Crippen LogP contribution in [-0.4, -0.2) is 80.7 Å². The normalized spacial score (nSPS) is 27.7. The molecule has 2 unspecified atom stereocenters. The summed E-state index contributed by atoms with van der Waals surface area (Å²) in [6, 6.07) is 0. The number of carbonyl (C=O) groups excluding carboxylic acids is 3. The standard InChI is InChI=1S/C17H28O10/c1-10(19)24-14-13(9-22-4)27-17(23-8-6-5-7-18)16(26-12(3)21)15(14)25-11(2)20/h13-18H,5-9H2,1-4H3/t13?,14-,15-,16?,17+/m0/s1. The van der Waals surface area contributed by atoms with Gasteiger partial charge in [0, 0.05) is 41.1 Å². The number of rotatable bonds is 10. The molecule has 0 aromatic heterocycles. The number of esters is 3. The summed E-state index contributed by atoms with van der Waals surface area (Å²) in [5, 5.41) is 8.87. The van der Waals surface area contributed by atoms with Crippen LogP contribution in [0.15, 0.2) is 0 Å². The van der Waals surface area contributed by atoms with Crippen molar-refractivity contribution in [2.24, 2.45) is 0 Å². The third-order valence-corrected chi connectivity index (χ3v) is 3.66. The molecule has 10 heteroatoms. The largest absolute Gasteiger partial charge is 0.456 e. The molecule has 0 aromatic carbocycles. The number of carbonyl (C=O) groups is 3. The Morgan fingerprint density at radius 3 is 1.96 bits per heavy atom. The first-order valence-electron chi connectivity index (χ1n) is 8.68. The van der Waals surface area contributed by atoms with Gasteiger partial charge in [-0.15, -0.1) is 0 Å². The van der Waals surface area contributed by atoms with Gasteiger partial charge in [0.05, 0.1) is 6.61 Å². The SMILES string of the molecule is COCC1O[C@@H](OCCCCO)C(OC(C)=O)[C@@H](OC(C)=O)[C@H]1OC(C)=O. The molecule has 1 aliphatic heterocycles. The molecule has 10 nitrogen and oxygen atoms in total. The number of hydrogen-bond acceptors (Lipinski definition) is 10. The molecular weight excluding hydrogens is 364 g/mol. The van der Waals surface area contributed by atoms with Crippen molar-refractivity contribution in [2.45, 2.75) is 64.3 Å². The minimum atomic E-state index is -1.14. The number of methoxy groups -OCH3 is 1. The van der Waals surface area contributed by atoms with E-state index in [0.717, 1.165) is 0 Å². The third-order valence-electron chi connectivity index (χ3n) is 3.66. The van der Waals surface area contributed by atoms with Gasteiger partial charge in [-0.2, -0.15) is 0 Å². The van der Waals surface area contributed by atoms with Crippen LogP contribution in [0.1, 0.15) is 33.6 Å². The van der Waals surface area contributed by atoms with Crippen molar-refractivity contribution in [1.82, 2.24) is 0 Å². The van der Waals surface area contributed by atoms with Crippen molar-refractivity contribution in [3.63, 3.8) is 0 Å². The second-order valence-corrected chi connectivity index (χ2v) is 6.02. The highest BCUT2D eigenvalue weighted by Gasteiger charge is 2.52. The summed E-state index contributed by atoms with van der Waals surface area (Å²) in [6.07, 6.45) is -4.13. The number of aliphatic hydroxyl groups is 1. The summed E-state index contributed by atoms with van der Waals surface area (Å²) in [6.45, 7) is 3.84. The van der Waals surface area contributed by atoms with Crippen molar-refractivity contribution >= 4 is 17.9 Å². The first-order chi connectivity index (χ1) is 12.8. The lowest BCUT2D eigenvalue weighted by Gasteiger charge is -2.44. The second kappa shape index (κ2) is 11.9. The Balaban J connectivity index is 3.11. The second-order valence-electron chi connectivity index (χ2n) is 6.02. The summed E-state index contributed by atoms with van der Waals surface area (Å²) in [4.78, 5) is 34.7. The van der Waals surface area contributed by atoms with E-state index in [1.807, 2.05) is 0 Å². The van der Waals surface area contributed by atoms with Gasteiger partial charge in [-0.05, 0) is 12.8 Å². The van der Waals surface area contributed by atoms with Crippen LogP contribution in [0, 0.1) is 0 Å². The van der Waals surface area contributed by atoms with Gasteiger partial charge >= 0.3 is 17.9 Å². The molecule has 1 aliphatic rings. The highest BCUT2D eigenvalue weighted by molar-refractivity contribution is 5.68. The van der Waals surface area contributed by atoms with Crippen molar-refractivity contribution in [2.75, 3.05) is 26.9 Å². The molecule has 1 saturated heterocycles. The van der Waals surface area contributed by atoms with Crippen LogP contribution >= 0.6 is 0 Å². The van der Waals surface area contributed by atoms with E-state index in [0.29, 0.717) is 12.8 Å². The Morgan fingerprint density at radius 1 is 0.889 bits per heavy atom. The summed E-state index contributed by atoms with van der Waals surface area (Å²) < 4.78 is 32.4. The molecule has 1 fully saturated rings. The molecule has 0 aliphatic carbocycles. The average Bonchev–Trinajstić information content (AvgIpc) is 2.56. The van der Waals surface area contributed by atoms with Gasteiger partial charge in [-0.3, -0.25) is 14.4 Å². The molecule has 0 bridgehead atoms. The number of hydrogen-bond donors (Lipinski definition) is 1. The highest BCUT2D eigenvalue weighted by Crippen LogP contribution is 2.29. The molecular formula is C17H28O10. The third kappa shape index (κ3) is 7.79. The zero-order valence-electron chi connectivity index (χ0n) is 16.0. The van der Waals surface area contributed by atoms with Crippen molar-refractivity contribution in [1.29, 1.82) is 0 Å². The number of aliphatic hydroxyl groups excluding tert-OH is 1. The van der Waals surface area contributed by atoms with Gasteiger partial charge in [0.2, 0.25) is 0 Å². The van der Waals surface area contributed by atoms with E-state index >= 15 is 0 Å². The quantitative estimate of drug-likeness (QED) is 0.307. The minimum Gasteiger partial charge on any atom is -0.456 e. The fourth-order valence-corrected chi connectivity index (χ4v) is 2.70.